The molecule has 0 amide bonds. The van der Waals surface area contributed by atoms with E-state index in [1.54, 1.807) is 43.8 Å². The van der Waals surface area contributed by atoms with Crippen LogP contribution >= 0.6 is 0 Å². The maximum absolute atomic E-state index is 14.1. The van der Waals surface area contributed by atoms with E-state index in [4.69, 9.17) is 0 Å². The molecule has 0 bridgehead atoms. The molecule has 0 unspecified atom stereocenters. The number of benzene rings is 1. The van der Waals surface area contributed by atoms with Crippen molar-refractivity contribution in [1.29, 1.82) is 0 Å². The van der Waals surface area contributed by atoms with Gasteiger partial charge in [0.2, 0.25) is 11.8 Å². The van der Waals surface area contributed by atoms with Crippen molar-refractivity contribution in [3.63, 3.8) is 0 Å². The molecule has 12 heteroatoms. The van der Waals surface area contributed by atoms with Gasteiger partial charge in [-0.15, -0.1) is 0 Å². The second-order valence-corrected chi connectivity index (χ2v) is 8.81. The molecule has 37 heavy (non-hydrogen) atoms. The van der Waals surface area contributed by atoms with Crippen LogP contribution in [0, 0.1) is 5.82 Å². The Morgan fingerprint density at radius 2 is 2.14 bits per heavy atom. The molecule has 1 aromatic carbocycles. The van der Waals surface area contributed by atoms with Crippen molar-refractivity contribution < 1.29 is 9.50 Å². The van der Waals surface area contributed by atoms with Crippen molar-refractivity contribution >= 4 is 17.7 Å². The molecule has 1 saturated carbocycles. The second kappa shape index (κ2) is 8.97. The van der Waals surface area contributed by atoms with E-state index in [1.807, 2.05) is 6.07 Å². The number of nitrogens with zero attached hydrogens (tertiary/aromatic N) is 7. The molecular formula is C25H22FN9O2. The summed E-state index contributed by atoms with van der Waals surface area (Å²) in [5, 5.41) is 18.3. The maximum atomic E-state index is 14.1. The Morgan fingerprint density at radius 1 is 1.27 bits per heavy atom. The van der Waals surface area contributed by atoms with E-state index >= 15 is 0 Å². The van der Waals surface area contributed by atoms with E-state index in [2.05, 4.69) is 35.3 Å². The van der Waals surface area contributed by atoms with Gasteiger partial charge in [-0.2, -0.15) is 19.6 Å². The monoisotopic (exact) mass is 499 g/mol. The van der Waals surface area contributed by atoms with Crippen molar-refractivity contribution in [2.75, 3.05) is 5.32 Å². The number of halogens is 1. The summed E-state index contributed by atoms with van der Waals surface area (Å²) in [5.41, 5.74) is 3.05. The van der Waals surface area contributed by atoms with E-state index in [1.165, 1.54) is 21.2 Å². The number of imidazole rings is 1. The van der Waals surface area contributed by atoms with Crippen LogP contribution in [0.15, 0.2) is 58.7 Å². The van der Waals surface area contributed by atoms with Crippen molar-refractivity contribution in [2.45, 2.75) is 25.4 Å². The van der Waals surface area contributed by atoms with Gasteiger partial charge in [-0.1, -0.05) is 12.1 Å². The predicted molar refractivity (Wildman–Crippen MR) is 133 cm³/mol. The number of aromatic amines is 1. The first-order chi connectivity index (χ1) is 18.0. The fourth-order valence-corrected chi connectivity index (χ4v) is 4.01. The van der Waals surface area contributed by atoms with Gasteiger partial charge in [0.05, 0.1) is 12.2 Å². The summed E-state index contributed by atoms with van der Waals surface area (Å²) in [7, 11) is 1.55. The molecule has 1 aliphatic rings. The molecule has 4 heterocycles. The number of aromatic hydroxyl groups is 1. The molecule has 1 aliphatic carbocycles. The minimum atomic E-state index is -0.439. The van der Waals surface area contributed by atoms with Crippen molar-refractivity contribution in [2.24, 2.45) is 12.0 Å². The number of anilines is 1. The lowest BCUT2D eigenvalue weighted by Crippen LogP contribution is -2.25. The number of rotatable bonds is 6. The van der Waals surface area contributed by atoms with Gasteiger partial charge in [0.1, 0.15) is 11.5 Å². The Hall–Kier alpha value is -4.87. The minimum absolute atomic E-state index is 0.186. The summed E-state index contributed by atoms with van der Waals surface area (Å²) >= 11 is 0. The van der Waals surface area contributed by atoms with Gasteiger partial charge in [-0.3, -0.25) is 14.5 Å². The predicted octanol–water partition coefficient (Wildman–Crippen LogP) is 1.28. The number of hydrogen-bond donors (Lipinski definition) is 3. The smallest absolute Gasteiger partial charge is 0.328 e. The van der Waals surface area contributed by atoms with Crippen LogP contribution < -0.4 is 21.8 Å². The highest BCUT2D eigenvalue weighted by atomic mass is 19.1. The fraction of sp³-hybridized carbons (Fsp3) is 0.200. The van der Waals surface area contributed by atoms with Crippen LogP contribution in [0.2, 0.25) is 0 Å². The molecule has 5 aromatic rings. The van der Waals surface area contributed by atoms with Gasteiger partial charge in [0.25, 0.3) is 5.62 Å². The highest BCUT2D eigenvalue weighted by molar-refractivity contribution is 5.67. The summed E-state index contributed by atoms with van der Waals surface area (Å²) < 4.78 is 16.9. The first-order valence-corrected chi connectivity index (χ1v) is 11.7. The number of aromatic nitrogens is 7. The summed E-state index contributed by atoms with van der Waals surface area (Å²) in [6.07, 6.45) is 8.52. The quantitative estimate of drug-likeness (QED) is 0.320. The molecule has 3 N–H and O–H groups in total. The van der Waals surface area contributed by atoms with Crippen LogP contribution in [-0.4, -0.2) is 45.3 Å². The zero-order valence-electron chi connectivity index (χ0n) is 19.8. The normalized spacial score (nSPS) is 14.5. The van der Waals surface area contributed by atoms with Crippen LogP contribution in [0.5, 0.6) is 5.88 Å². The third kappa shape index (κ3) is 4.44. The second-order valence-electron chi connectivity index (χ2n) is 8.81. The van der Waals surface area contributed by atoms with Crippen molar-refractivity contribution in [3.8, 4) is 17.0 Å². The minimum Gasteiger partial charge on any atom is -0.493 e. The lowest BCUT2D eigenvalue weighted by atomic mass is 10.0. The first kappa shape index (κ1) is 22.6. The Kier molecular flexibility index (Phi) is 5.48. The Labute approximate surface area is 208 Å². The summed E-state index contributed by atoms with van der Waals surface area (Å²) in [4.78, 5) is 32.3. The first-order valence-electron chi connectivity index (χ1n) is 11.7. The van der Waals surface area contributed by atoms with Gasteiger partial charge in [-0.05, 0) is 48.2 Å². The van der Waals surface area contributed by atoms with E-state index < -0.39 is 5.69 Å². The lowest BCUT2D eigenvalue weighted by Gasteiger charge is -2.11. The van der Waals surface area contributed by atoms with Crippen LogP contribution in [0.1, 0.15) is 24.1 Å². The third-order valence-electron chi connectivity index (χ3n) is 6.13. The maximum Gasteiger partial charge on any atom is 0.328 e. The number of pyridine rings is 1. The zero-order chi connectivity index (χ0) is 25.5. The molecular weight excluding hydrogens is 477 g/mol. The average Bonchev–Trinajstić information content (AvgIpc) is 3.57. The third-order valence-corrected chi connectivity index (χ3v) is 6.13. The van der Waals surface area contributed by atoms with Gasteiger partial charge >= 0.3 is 5.69 Å². The molecule has 0 spiro atoms. The molecule has 4 aromatic heterocycles. The summed E-state index contributed by atoms with van der Waals surface area (Å²) in [6.45, 7) is 0.323. The summed E-state index contributed by atoms with van der Waals surface area (Å²) in [6, 6.07) is 8.46. The zero-order valence-corrected chi connectivity index (χ0v) is 19.8. The van der Waals surface area contributed by atoms with Gasteiger partial charge in [0, 0.05) is 36.8 Å². The number of fused-ring (bicyclic) bond motifs is 1. The average molecular weight is 500 g/mol. The van der Waals surface area contributed by atoms with Crippen LogP contribution in [-0.2, 0) is 13.6 Å². The lowest BCUT2D eigenvalue weighted by molar-refractivity contribution is 0.454. The molecule has 6 rings (SSSR count). The van der Waals surface area contributed by atoms with Crippen LogP contribution in [0.4, 0.5) is 10.3 Å². The van der Waals surface area contributed by atoms with Crippen LogP contribution in [0.3, 0.4) is 0 Å². The van der Waals surface area contributed by atoms with Gasteiger partial charge in [0.15, 0.2) is 5.65 Å². The standard InChI is InChI=1S/C25H22FN9O2/c1-34-20(22(36)32-25(34)37)9-16-13-29-35-21(16)31-23(33-24(35)30-18-6-7-18)28-12-15-4-5-17(26)10-19(15)14-3-2-8-27-11-14/h2-5,8-11,13,18,36H,6-7,12H2,1H3,(H,32,37)(H,28,30,33). The van der Waals surface area contributed by atoms with E-state index in [0.717, 1.165) is 24.0 Å². The van der Waals surface area contributed by atoms with Crippen LogP contribution in [0.25, 0.3) is 22.9 Å². The Balaban J connectivity index is 1.42. The van der Waals surface area contributed by atoms with E-state index in [9.17, 15) is 14.3 Å². The molecule has 11 nitrogen and oxygen atoms in total. The van der Waals surface area contributed by atoms with Gasteiger partial charge < -0.3 is 10.4 Å². The summed E-state index contributed by atoms with van der Waals surface area (Å²) in [5.74, 6) is -0.273. The fourth-order valence-electron chi connectivity index (χ4n) is 4.01. The number of hydrogen-bond acceptors (Lipinski definition) is 8. The number of nitrogens with one attached hydrogen (secondary N) is 2. The SMILES string of the molecule is Cn1c(C=c2cnn3c(=NC4CC4)nc(NCc4ccc(F)cc4-c4cccnc4)nc23)c(O)[nH]c1=O. The molecule has 1 fully saturated rings. The molecule has 0 atom stereocenters. The Morgan fingerprint density at radius 3 is 2.86 bits per heavy atom. The van der Waals surface area contributed by atoms with Gasteiger partial charge in [-0.25, -0.2) is 14.2 Å². The Bertz CT molecular complexity index is 1800. The highest BCUT2D eigenvalue weighted by Gasteiger charge is 2.21. The topological polar surface area (TPSA) is 138 Å². The largest absolute Gasteiger partial charge is 0.493 e. The molecule has 0 radical (unpaired) electrons. The van der Waals surface area contributed by atoms with Crippen molar-refractivity contribution in [1.82, 2.24) is 34.1 Å². The van der Waals surface area contributed by atoms with E-state index in [-0.39, 0.29) is 17.7 Å². The number of H-pyrrole nitrogens is 1. The van der Waals surface area contributed by atoms with Crippen molar-refractivity contribution in [3.05, 3.63) is 87.3 Å². The molecule has 0 aliphatic heterocycles. The highest BCUT2D eigenvalue weighted by Crippen LogP contribution is 2.25. The molecule has 0 saturated heterocycles. The molecule has 186 valence electrons. The van der Waals surface area contributed by atoms with E-state index in [0.29, 0.717) is 40.2 Å².